The average Bonchev–Trinajstić information content (AvgIpc) is 3.36. The minimum Gasteiger partial charge on any atom is -0.507 e. The van der Waals surface area contributed by atoms with Gasteiger partial charge in [-0.1, -0.05) is 72.0 Å². The molecular formula is C27H24N2O5S. The number of ketones is 1. The van der Waals surface area contributed by atoms with Gasteiger partial charge in [0.05, 0.1) is 17.3 Å². The Balaban J connectivity index is 1.90. The van der Waals surface area contributed by atoms with Crippen LogP contribution in [0.15, 0.2) is 66.8 Å². The standard InChI is InChI=1S/C27H24N2O5S/c1-5-13-34-26(33)24-17(4)28-27(35-24)29-21(18-9-7-6-8-10-18)20(23(31)25(29)32)22(30)19-14-15(2)11-12-16(19)3/h5-12,14,21,30H,1,13H2,2-4H3/b22-20+. The minimum atomic E-state index is -0.918. The first-order valence-corrected chi connectivity index (χ1v) is 11.7. The van der Waals surface area contributed by atoms with Crippen molar-refractivity contribution in [3.8, 4) is 0 Å². The highest BCUT2D eigenvalue weighted by Crippen LogP contribution is 2.44. The van der Waals surface area contributed by atoms with Gasteiger partial charge in [-0.15, -0.1) is 0 Å². The summed E-state index contributed by atoms with van der Waals surface area (Å²) in [5.41, 5.74) is 3.13. The van der Waals surface area contributed by atoms with Crippen LogP contribution in [0.3, 0.4) is 0 Å². The Hall–Kier alpha value is -4.04. The molecule has 4 rings (SSSR count). The van der Waals surface area contributed by atoms with Gasteiger partial charge < -0.3 is 9.84 Å². The molecule has 7 nitrogen and oxygen atoms in total. The van der Waals surface area contributed by atoms with Crippen molar-refractivity contribution in [2.45, 2.75) is 26.8 Å². The maximum Gasteiger partial charge on any atom is 0.350 e. The molecule has 1 saturated heterocycles. The monoisotopic (exact) mass is 488 g/mol. The van der Waals surface area contributed by atoms with Gasteiger partial charge in [-0.25, -0.2) is 9.78 Å². The van der Waals surface area contributed by atoms with E-state index in [0.717, 1.165) is 22.5 Å². The second-order valence-corrected chi connectivity index (χ2v) is 9.17. The van der Waals surface area contributed by atoms with Crippen molar-refractivity contribution >= 4 is 39.9 Å². The molecule has 3 aromatic rings. The summed E-state index contributed by atoms with van der Waals surface area (Å²) < 4.78 is 5.13. The molecule has 1 aliphatic rings. The zero-order valence-electron chi connectivity index (χ0n) is 19.6. The van der Waals surface area contributed by atoms with Gasteiger partial charge in [-0.2, -0.15) is 0 Å². The van der Waals surface area contributed by atoms with Gasteiger partial charge in [-0.05, 0) is 38.0 Å². The third-order valence-corrected chi connectivity index (χ3v) is 6.85. The molecule has 35 heavy (non-hydrogen) atoms. The van der Waals surface area contributed by atoms with Gasteiger partial charge in [0.25, 0.3) is 5.78 Å². The molecule has 0 radical (unpaired) electrons. The van der Waals surface area contributed by atoms with Crippen molar-refractivity contribution < 1.29 is 24.2 Å². The summed E-state index contributed by atoms with van der Waals surface area (Å²) >= 11 is 0.963. The van der Waals surface area contributed by atoms with Crippen molar-refractivity contribution in [2.24, 2.45) is 0 Å². The molecule has 2 heterocycles. The molecule has 0 aliphatic carbocycles. The third kappa shape index (κ3) is 4.40. The summed E-state index contributed by atoms with van der Waals surface area (Å²) in [7, 11) is 0. The average molecular weight is 489 g/mol. The van der Waals surface area contributed by atoms with Crippen LogP contribution in [-0.4, -0.2) is 34.4 Å². The molecule has 1 unspecified atom stereocenters. The molecule has 1 atom stereocenters. The topological polar surface area (TPSA) is 96.8 Å². The zero-order chi connectivity index (χ0) is 25.3. The fraction of sp³-hybridized carbons (Fsp3) is 0.185. The number of carbonyl (C=O) groups excluding carboxylic acids is 3. The lowest BCUT2D eigenvalue weighted by molar-refractivity contribution is -0.132. The Labute approximate surface area is 207 Å². The first-order valence-electron chi connectivity index (χ1n) is 10.9. The highest BCUT2D eigenvalue weighted by molar-refractivity contribution is 7.17. The zero-order valence-corrected chi connectivity index (χ0v) is 20.4. The maximum absolute atomic E-state index is 13.3. The van der Waals surface area contributed by atoms with E-state index >= 15 is 0 Å². The van der Waals surface area contributed by atoms with Crippen LogP contribution in [0.4, 0.5) is 5.13 Å². The van der Waals surface area contributed by atoms with Gasteiger partial charge in [0.15, 0.2) is 5.13 Å². The van der Waals surface area contributed by atoms with E-state index in [1.807, 2.05) is 32.0 Å². The largest absolute Gasteiger partial charge is 0.507 e. The lowest BCUT2D eigenvalue weighted by Gasteiger charge is -2.23. The van der Waals surface area contributed by atoms with Gasteiger partial charge in [-0.3, -0.25) is 14.5 Å². The first kappa shape index (κ1) is 24.1. The van der Waals surface area contributed by atoms with Crippen molar-refractivity contribution in [2.75, 3.05) is 11.5 Å². The van der Waals surface area contributed by atoms with E-state index in [9.17, 15) is 19.5 Å². The Morgan fingerprint density at radius 2 is 1.89 bits per heavy atom. The van der Waals surface area contributed by atoms with Crippen LogP contribution >= 0.6 is 11.3 Å². The molecule has 0 bridgehead atoms. The number of aromatic nitrogens is 1. The molecule has 1 amide bonds. The highest BCUT2D eigenvalue weighted by Gasteiger charge is 2.48. The van der Waals surface area contributed by atoms with Crippen LogP contribution in [0.2, 0.25) is 0 Å². The summed E-state index contributed by atoms with van der Waals surface area (Å²) in [6, 6.07) is 13.6. The number of hydrogen-bond donors (Lipinski definition) is 1. The normalized spacial score (nSPS) is 17.0. The molecule has 2 aromatic carbocycles. The van der Waals surface area contributed by atoms with Crippen molar-refractivity contribution in [3.63, 3.8) is 0 Å². The number of nitrogens with zero attached hydrogens (tertiary/aromatic N) is 2. The lowest BCUT2D eigenvalue weighted by Crippen LogP contribution is -2.29. The number of benzene rings is 2. The number of thiazole rings is 1. The molecule has 0 saturated carbocycles. The second kappa shape index (κ2) is 9.68. The van der Waals surface area contributed by atoms with Gasteiger partial charge >= 0.3 is 11.9 Å². The molecule has 1 N–H and O–H groups in total. The number of rotatable bonds is 6. The van der Waals surface area contributed by atoms with Gasteiger partial charge in [0, 0.05) is 5.56 Å². The van der Waals surface area contributed by atoms with E-state index in [1.165, 1.54) is 11.0 Å². The highest BCUT2D eigenvalue weighted by atomic mass is 32.1. The SMILES string of the molecule is C=CCOC(=O)c1sc(N2C(=O)C(=O)/C(=C(/O)c3cc(C)ccc3C)C2c2ccccc2)nc1C. The summed E-state index contributed by atoms with van der Waals surface area (Å²) in [5.74, 6) is -2.49. The quantitative estimate of drug-likeness (QED) is 0.172. The summed E-state index contributed by atoms with van der Waals surface area (Å²) in [6.07, 6.45) is 1.45. The summed E-state index contributed by atoms with van der Waals surface area (Å²) in [6.45, 7) is 8.91. The smallest absolute Gasteiger partial charge is 0.350 e. The molecule has 1 fully saturated rings. The number of aliphatic hydroxyl groups excluding tert-OH is 1. The molecule has 178 valence electrons. The van der Waals surface area contributed by atoms with Crippen molar-refractivity contribution in [3.05, 3.63) is 99.6 Å². The predicted molar refractivity (Wildman–Crippen MR) is 134 cm³/mol. The number of Topliss-reactive ketones (excluding diaryl/α,β-unsaturated/α-hetero) is 1. The summed E-state index contributed by atoms with van der Waals surface area (Å²) in [5, 5.41) is 11.5. The third-order valence-electron chi connectivity index (χ3n) is 5.72. The van der Waals surface area contributed by atoms with E-state index in [0.29, 0.717) is 16.8 Å². The molecule has 0 spiro atoms. The van der Waals surface area contributed by atoms with E-state index in [1.54, 1.807) is 37.3 Å². The van der Waals surface area contributed by atoms with Crippen molar-refractivity contribution in [1.29, 1.82) is 0 Å². The Bertz CT molecular complexity index is 1370. The molecular weight excluding hydrogens is 464 g/mol. The second-order valence-electron chi connectivity index (χ2n) is 8.20. The number of ether oxygens (including phenoxy) is 1. The van der Waals surface area contributed by atoms with E-state index < -0.39 is 23.7 Å². The number of esters is 1. The number of anilines is 1. The summed E-state index contributed by atoms with van der Waals surface area (Å²) in [4.78, 5) is 45.0. The van der Waals surface area contributed by atoms with E-state index in [-0.39, 0.29) is 27.9 Å². The Kier molecular flexibility index (Phi) is 6.66. The van der Waals surface area contributed by atoms with Crippen molar-refractivity contribution in [1.82, 2.24) is 4.98 Å². The minimum absolute atomic E-state index is 0.0291. The maximum atomic E-state index is 13.3. The van der Waals surface area contributed by atoms with E-state index in [4.69, 9.17) is 4.74 Å². The predicted octanol–water partition coefficient (Wildman–Crippen LogP) is 5.04. The number of aryl methyl sites for hydroxylation is 3. The number of carbonyl (C=O) groups is 3. The Morgan fingerprint density at radius 3 is 2.57 bits per heavy atom. The molecule has 1 aliphatic heterocycles. The number of aliphatic hydroxyl groups is 1. The van der Waals surface area contributed by atoms with Crippen LogP contribution < -0.4 is 4.90 Å². The lowest BCUT2D eigenvalue weighted by atomic mass is 9.93. The van der Waals surface area contributed by atoms with Gasteiger partial charge in [0.1, 0.15) is 17.2 Å². The van der Waals surface area contributed by atoms with Gasteiger partial charge in [0.2, 0.25) is 0 Å². The fourth-order valence-electron chi connectivity index (χ4n) is 3.99. The number of amides is 1. The first-order chi connectivity index (χ1) is 16.7. The van der Waals surface area contributed by atoms with E-state index in [2.05, 4.69) is 11.6 Å². The molecule has 8 heteroatoms. The van der Waals surface area contributed by atoms with Crippen LogP contribution in [0.25, 0.3) is 5.76 Å². The van der Waals surface area contributed by atoms with Crippen LogP contribution in [0.5, 0.6) is 0 Å². The van der Waals surface area contributed by atoms with Crippen LogP contribution in [0, 0.1) is 20.8 Å². The van der Waals surface area contributed by atoms with Crippen LogP contribution in [0.1, 0.15) is 43.7 Å². The fourth-order valence-corrected chi connectivity index (χ4v) is 4.98. The van der Waals surface area contributed by atoms with Crippen LogP contribution in [-0.2, 0) is 14.3 Å². The molecule has 1 aromatic heterocycles. The number of hydrogen-bond acceptors (Lipinski definition) is 7. The Morgan fingerprint density at radius 1 is 1.17 bits per heavy atom.